The third-order valence-corrected chi connectivity index (χ3v) is 4.55. The Morgan fingerprint density at radius 2 is 1.83 bits per heavy atom. The monoisotopic (exact) mass is 344 g/mol. The molecule has 1 aromatic carbocycles. The maximum Gasteiger partial charge on any atom is 0.262 e. The van der Waals surface area contributed by atoms with Gasteiger partial charge in [-0.15, -0.1) is 0 Å². The van der Waals surface area contributed by atoms with E-state index in [0.717, 1.165) is 10.5 Å². The van der Waals surface area contributed by atoms with Gasteiger partial charge in [0, 0.05) is 6.54 Å². The molecule has 6 nitrogen and oxygen atoms in total. The molecule has 1 aliphatic rings. The quantitative estimate of drug-likeness (QED) is 0.779. The first-order chi connectivity index (χ1) is 11.6. The van der Waals surface area contributed by atoms with Crippen molar-refractivity contribution in [3.63, 3.8) is 0 Å². The minimum Gasteiger partial charge on any atom is -0.388 e. The molecule has 2 aromatic rings. The lowest BCUT2D eigenvalue weighted by atomic mass is 10.1. The summed E-state index contributed by atoms with van der Waals surface area (Å²) in [4.78, 5) is 37.2. The van der Waals surface area contributed by atoms with Gasteiger partial charge in [-0.2, -0.15) is 11.3 Å². The van der Waals surface area contributed by atoms with Gasteiger partial charge in [0.05, 0.1) is 17.2 Å². The largest absolute Gasteiger partial charge is 0.388 e. The predicted octanol–water partition coefficient (Wildman–Crippen LogP) is 1.58. The first-order valence-corrected chi connectivity index (χ1v) is 8.44. The highest BCUT2D eigenvalue weighted by molar-refractivity contribution is 7.07. The number of carbonyl (C=O) groups excluding carboxylic acids is 3. The first kappa shape index (κ1) is 16.4. The van der Waals surface area contributed by atoms with Gasteiger partial charge in [-0.05, 0) is 40.9 Å². The van der Waals surface area contributed by atoms with Crippen molar-refractivity contribution in [3.8, 4) is 0 Å². The van der Waals surface area contributed by atoms with E-state index in [-0.39, 0.29) is 13.1 Å². The highest BCUT2D eigenvalue weighted by atomic mass is 32.1. The van der Waals surface area contributed by atoms with Gasteiger partial charge in [0.15, 0.2) is 0 Å². The van der Waals surface area contributed by atoms with Crippen molar-refractivity contribution in [2.75, 3.05) is 13.1 Å². The number of hydrogen-bond donors (Lipinski definition) is 2. The van der Waals surface area contributed by atoms with E-state index in [1.54, 1.807) is 24.3 Å². The van der Waals surface area contributed by atoms with E-state index >= 15 is 0 Å². The van der Waals surface area contributed by atoms with E-state index in [9.17, 15) is 19.5 Å². The average molecular weight is 344 g/mol. The number of fused-ring (bicyclic) bond motifs is 1. The second kappa shape index (κ2) is 6.94. The standard InChI is InChI=1S/C17H16N2O4S/c20-14(11-6-8-24-10-11)5-7-18-15(21)9-19-16(22)12-3-1-2-4-13(12)17(19)23/h1-4,6,8,10,14,20H,5,7,9H2,(H,18,21). The number of nitrogens with one attached hydrogen (secondary N) is 1. The van der Waals surface area contributed by atoms with Crippen molar-refractivity contribution >= 4 is 29.1 Å². The van der Waals surface area contributed by atoms with Crippen LogP contribution in [-0.2, 0) is 4.79 Å². The summed E-state index contributed by atoms with van der Waals surface area (Å²) in [6.07, 6.45) is -0.277. The van der Waals surface area contributed by atoms with Crippen LogP contribution in [0.3, 0.4) is 0 Å². The minimum absolute atomic E-state index is 0.263. The van der Waals surface area contributed by atoms with Crippen LogP contribution in [0.1, 0.15) is 38.8 Å². The molecule has 3 amide bonds. The fourth-order valence-corrected chi connectivity index (χ4v) is 3.27. The second-order valence-electron chi connectivity index (χ2n) is 5.45. The number of aliphatic hydroxyl groups is 1. The van der Waals surface area contributed by atoms with E-state index in [0.29, 0.717) is 17.5 Å². The normalized spacial score (nSPS) is 14.6. The zero-order valence-electron chi connectivity index (χ0n) is 12.8. The minimum atomic E-state index is -0.643. The molecule has 0 fully saturated rings. The van der Waals surface area contributed by atoms with Crippen LogP contribution < -0.4 is 5.32 Å². The molecular formula is C17H16N2O4S. The number of benzene rings is 1. The van der Waals surface area contributed by atoms with Gasteiger partial charge >= 0.3 is 0 Å². The summed E-state index contributed by atoms with van der Waals surface area (Å²) >= 11 is 1.49. The molecule has 1 unspecified atom stereocenters. The fourth-order valence-electron chi connectivity index (χ4n) is 2.56. The molecule has 2 heterocycles. The Bertz CT molecular complexity index is 738. The molecule has 0 saturated heterocycles. The zero-order valence-corrected chi connectivity index (χ0v) is 13.6. The van der Waals surface area contributed by atoms with Crippen LogP contribution >= 0.6 is 11.3 Å². The van der Waals surface area contributed by atoms with Crippen LogP contribution in [0.5, 0.6) is 0 Å². The lowest BCUT2D eigenvalue weighted by Gasteiger charge is -2.14. The third-order valence-electron chi connectivity index (χ3n) is 3.85. The van der Waals surface area contributed by atoms with Crippen molar-refractivity contribution in [1.29, 1.82) is 0 Å². The number of imide groups is 1. The van der Waals surface area contributed by atoms with Crippen LogP contribution in [0.4, 0.5) is 0 Å². The molecule has 0 saturated carbocycles. The molecule has 0 radical (unpaired) electrons. The summed E-state index contributed by atoms with van der Waals surface area (Å²) in [5.41, 5.74) is 1.46. The number of hydrogen-bond acceptors (Lipinski definition) is 5. The maximum absolute atomic E-state index is 12.2. The van der Waals surface area contributed by atoms with E-state index in [1.165, 1.54) is 11.3 Å². The van der Waals surface area contributed by atoms with E-state index in [4.69, 9.17) is 0 Å². The SMILES string of the molecule is O=C(CN1C(=O)c2ccccc2C1=O)NCCC(O)c1ccsc1. The summed E-state index contributed by atoms with van der Waals surface area (Å²) in [5, 5.41) is 16.3. The predicted molar refractivity (Wildman–Crippen MR) is 88.7 cm³/mol. The molecule has 0 aliphatic carbocycles. The molecule has 1 aliphatic heterocycles. The van der Waals surface area contributed by atoms with Crippen LogP contribution in [0, 0.1) is 0 Å². The maximum atomic E-state index is 12.2. The molecule has 0 bridgehead atoms. The Labute approximate surface area is 142 Å². The Morgan fingerprint density at radius 1 is 1.17 bits per heavy atom. The molecule has 1 atom stereocenters. The lowest BCUT2D eigenvalue weighted by Crippen LogP contribution is -2.40. The number of rotatable bonds is 6. The molecular weight excluding hydrogens is 328 g/mol. The molecule has 24 heavy (non-hydrogen) atoms. The summed E-state index contributed by atoms with van der Waals surface area (Å²) in [6, 6.07) is 8.34. The number of thiophene rings is 1. The molecule has 0 spiro atoms. The zero-order chi connectivity index (χ0) is 17.1. The number of aliphatic hydroxyl groups excluding tert-OH is 1. The van der Waals surface area contributed by atoms with Crippen LogP contribution in [0.25, 0.3) is 0 Å². The van der Waals surface area contributed by atoms with Gasteiger partial charge in [-0.3, -0.25) is 19.3 Å². The molecule has 7 heteroatoms. The Hall–Kier alpha value is -2.51. The highest BCUT2D eigenvalue weighted by Gasteiger charge is 2.36. The van der Waals surface area contributed by atoms with Gasteiger partial charge < -0.3 is 10.4 Å². The second-order valence-corrected chi connectivity index (χ2v) is 6.23. The molecule has 3 rings (SSSR count). The van der Waals surface area contributed by atoms with Gasteiger partial charge in [0.1, 0.15) is 6.54 Å². The van der Waals surface area contributed by atoms with E-state index in [1.807, 2.05) is 16.8 Å². The van der Waals surface area contributed by atoms with Crippen LogP contribution in [0.2, 0.25) is 0 Å². The molecule has 2 N–H and O–H groups in total. The fraction of sp³-hybridized carbons (Fsp3) is 0.235. The van der Waals surface area contributed by atoms with Gasteiger partial charge in [0.2, 0.25) is 5.91 Å². The topological polar surface area (TPSA) is 86.7 Å². The van der Waals surface area contributed by atoms with Crippen LogP contribution in [-0.4, -0.2) is 40.8 Å². The lowest BCUT2D eigenvalue weighted by molar-refractivity contribution is -0.121. The third kappa shape index (κ3) is 3.22. The average Bonchev–Trinajstić information content (AvgIpc) is 3.19. The van der Waals surface area contributed by atoms with Crippen molar-refractivity contribution < 1.29 is 19.5 Å². The Morgan fingerprint density at radius 3 is 2.42 bits per heavy atom. The van der Waals surface area contributed by atoms with Crippen molar-refractivity contribution in [1.82, 2.24) is 10.2 Å². The van der Waals surface area contributed by atoms with Gasteiger partial charge in [-0.1, -0.05) is 12.1 Å². The number of amides is 3. The number of carbonyl (C=O) groups is 3. The van der Waals surface area contributed by atoms with Crippen LogP contribution in [0.15, 0.2) is 41.1 Å². The summed E-state index contributed by atoms with van der Waals surface area (Å²) in [5.74, 6) is -1.34. The van der Waals surface area contributed by atoms with E-state index < -0.39 is 23.8 Å². The summed E-state index contributed by atoms with van der Waals surface area (Å²) in [7, 11) is 0. The van der Waals surface area contributed by atoms with Crippen molar-refractivity contribution in [2.24, 2.45) is 0 Å². The van der Waals surface area contributed by atoms with E-state index in [2.05, 4.69) is 5.32 Å². The smallest absolute Gasteiger partial charge is 0.262 e. The number of nitrogens with zero attached hydrogens (tertiary/aromatic N) is 1. The van der Waals surface area contributed by atoms with Crippen molar-refractivity contribution in [2.45, 2.75) is 12.5 Å². The Balaban J connectivity index is 1.51. The van der Waals surface area contributed by atoms with Gasteiger partial charge in [-0.25, -0.2) is 0 Å². The highest BCUT2D eigenvalue weighted by Crippen LogP contribution is 2.22. The Kier molecular flexibility index (Phi) is 4.73. The van der Waals surface area contributed by atoms with Gasteiger partial charge in [0.25, 0.3) is 11.8 Å². The first-order valence-electron chi connectivity index (χ1n) is 7.50. The summed E-state index contributed by atoms with van der Waals surface area (Å²) < 4.78 is 0. The summed E-state index contributed by atoms with van der Waals surface area (Å²) in [6.45, 7) is -0.0556. The molecule has 1 aromatic heterocycles. The van der Waals surface area contributed by atoms with Crippen molar-refractivity contribution in [3.05, 3.63) is 57.8 Å². The molecule has 124 valence electrons.